The molecule has 2 atom stereocenters. The van der Waals surface area contributed by atoms with Gasteiger partial charge in [-0.3, -0.25) is 14.4 Å². The van der Waals surface area contributed by atoms with Crippen LogP contribution in [0.15, 0.2) is 66.7 Å². The highest BCUT2D eigenvalue weighted by atomic mass is 16.6. The number of ether oxygens (including phenoxy) is 1. The van der Waals surface area contributed by atoms with Gasteiger partial charge in [-0.15, -0.1) is 6.42 Å². The maximum atomic E-state index is 13.9. The lowest BCUT2D eigenvalue weighted by molar-refractivity contribution is -0.140. The minimum absolute atomic E-state index is 0.0705. The van der Waals surface area contributed by atoms with E-state index in [4.69, 9.17) is 16.9 Å². The minimum Gasteiger partial charge on any atom is -0.444 e. The summed E-state index contributed by atoms with van der Waals surface area (Å²) in [6, 6.07) is 17.8. The molecule has 0 saturated heterocycles. The van der Waals surface area contributed by atoms with E-state index in [9.17, 15) is 19.2 Å². The van der Waals surface area contributed by atoms with Crippen molar-refractivity contribution in [1.29, 1.82) is 0 Å². The van der Waals surface area contributed by atoms with Crippen LogP contribution in [0.4, 0.5) is 10.5 Å². The molecule has 9 nitrogen and oxygen atoms in total. The van der Waals surface area contributed by atoms with Crippen LogP contribution in [0.3, 0.4) is 0 Å². The van der Waals surface area contributed by atoms with Crippen LogP contribution in [0, 0.1) is 12.3 Å². The number of benzene rings is 3. The highest BCUT2D eigenvalue weighted by Gasteiger charge is 2.35. The Morgan fingerprint density at radius 2 is 1.66 bits per heavy atom. The van der Waals surface area contributed by atoms with E-state index in [1.54, 1.807) is 58.0 Å². The summed E-state index contributed by atoms with van der Waals surface area (Å²) in [6.07, 6.45) is 4.47. The van der Waals surface area contributed by atoms with Gasteiger partial charge in [-0.25, -0.2) is 4.79 Å². The molecule has 4 N–H and O–H groups in total. The monoisotopic (exact) mass is 556 g/mol. The van der Waals surface area contributed by atoms with Gasteiger partial charge in [-0.05, 0) is 74.7 Å². The molecule has 0 saturated carbocycles. The van der Waals surface area contributed by atoms with E-state index in [0.717, 1.165) is 10.8 Å². The summed E-state index contributed by atoms with van der Waals surface area (Å²) in [4.78, 5) is 53.4. The number of anilines is 1. The fourth-order valence-electron chi connectivity index (χ4n) is 4.37. The lowest BCUT2D eigenvalue weighted by Gasteiger charge is -2.33. The second-order valence-corrected chi connectivity index (χ2v) is 10.5. The van der Waals surface area contributed by atoms with Crippen molar-refractivity contribution in [2.24, 2.45) is 5.73 Å². The third-order valence-electron chi connectivity index (χ3n) is 6.26. The van der Waals surface area contributed by atoms with E-state index in [1.165, 1.54) is 4.90 Å². The number of nitrogens with two attached hydrogens (primary N) is 1. The van der Waals surface area contributed by atoms with Gasteiger partial charge in [-0.2, -0.15) is 0 Å². The van der Waals surface area contributed by atoms with Crippen LogP contribution in [-0.4, -0.2) is 46.9 Å². The molecule has 2 unspecified atom stereocenters. The number of hydrogen-bond acceptors (Lipinski definition) is 5. The fourth-order valence-corrected chi connectivity index (χ4v) is 4.37. The number of hydrogen-bond donors (Lipinski definition) is 3. The minimum atomic E-state index is -1.17. The average Bonchev–Trinajstić information content (AvgIpc) is 2.92. The van der Waals surface area contributed by atoms with Gasteiger partial charge in [0.1, 0.15) is 17.7 Å². The molecular weight excluding hydrogens is 520 g/mol. The topological polar surface area (TPSA) is 131 Å². The Hall–Kier alpha value is -4.84. The summed E-state index contributed by atoms with van der Waals surface area (Å²) in [5.74, 6) is 0.879. The molecule has 0 aliphatic rings. The van der Waals surface area contributed by atoms with E-state index in [2.05, 4.69) is 16.6 Å². The Balaban J connectivity index is 1.98. The van der Waals surface area contributed by atoms with Crippen molar-refractivity contribution in [2.45, 2.75) is 58.2 Å². The Morgan fingerprint density at radius 3 is 2.24 bits per heavy atom. The van der Waals surface area contributed by atoms with Crippen LogP contribution in [-0.2, 0) is 19.1 Å². The molecule has 0 aliphatic carbocycles. The molecule has 3 aromatic rings. The van der Waals surface area contributed by atoms with E-state index in [-0.39, 0.29) is 19.4 Å². The summed E-state index contributed by atoms with van der Waals surface area (Å²) >= 11 is 0. The molecular formula is C32H36N4O5. The maximum absolute atomic E-state index is 13.9. The van der Waals surface area contributed by atoms with Gasteiger partial charge < -0.3 is 26.0 Å². The Morgan fingerprint density at radius 1 is 1.00 bits per heavy atom. The first-order valence-electron chi connectivity index (χ1n) is 13.4. The first-order chi connectivity index (χ1) is 19.4. The Labute approximate surface area is 240 Å². The summed E-state index contributed by atoms with van der Waals surface area (Å²) in [7, 11) is 0. The van der Waals surface area contributed by atoms with Crippen LogP contribution < -0.4 is 16.4 Å². The van der Waals surface area contributed by atoms with Crippen molar-refractivity contribution in [1.82, 2.24) is 10.2 Å². The number of rotatable bonds is 10. The molecule has 0 aliphatic heterocycles. The summed E-state index contributed by atoms with van der Waals surface area (Å²) in [5, 5.41) is 7.45. The zero-order chi connectivity index (χ0) is 30.2. The van der Waals surface area contributed by atoms with Crippen LogP contribution in [0.1, 0.15) is 57.7 Å². The fraction of sp³-hybridized carbons (Fsp3) is 0.312. The largest absolute Gasteiger partial charge is 0.444 e. The van der Waals surface area contributed by atoms with Gasteiger partial charge in [0.05, 0.1) is 0 Å². The third kappa shape index (κ3) is 8.57. The van der Waals surface area contributed by atoms with Gasteiger partial charge in [0.15, 0.2) is 0 Å². The molecule has 9 heteroatoms. The number of carbonyl (C=O) groups is 4. The number of likely N-dealkylation sites (N-methyl/N-ethyl adjacent to an activating group) is 1. The number of alkyl carbamates (subject to hydrolysis) is 1. The molecule has 4 amide bonds. The number of primary amides is 1. The molecule has 0 spiro atoms. The van der Waals surface area contributed by atoms with Crippen molar-refractivity contribution < 1.29 is 23.9 Å². The molecule has 41 heavy (non-hydrogen) atoms. The van der Waals surface area contributed by atoms with Crippen LogP contribution in [0.2, 0.25) is 0 Å². The first kappa shape index (κ1) is 30.7. The zero-order valence-corrected chi connectivity index (χ0v) is 23.8. The number of nitrogens with one attached hydrogen (secondary N) is 2. The standard InChI is InChI=1S/C32H36N4O5/c1-6-21-12-14-23(15-13-21)28(29(38)34-25-17-16-22-10-8-9-11-24(22)20-25)36(7-2)30(39)26(18-19-27(33)37)35-31(40)41-32(3,4)5/h1,8-17,20,26,28H,7,18-19H2,2-5H3,(H2,33,37)(H,34,38)(H,35,40). The Kier molecular flexibility index (Phi) is 10.1. The van der Waals surface area contributed by atoms with E-state index in [1.807, 2.05) is 36.4 Å². The van der Waals surface area contributed by atoms with Gasteiger partial charge in [-0.1, -0.05) is 48.4 Å². The first-order valence-corrected chi connectivity index (χ1v) is 13.4. The molecule has 0 bridgehead atoms. The molecule has 3 rings (SSSR count). The van der Waals surface area contributed by atoms with Crippen molar-refractivity contribution >= 4 is 40.3 Å². The maximum Gasteiger partial charge on any atom is 0.408 e. The van der Waals surface area contributed by atoms with E-state index in [0.29, 0.717) is 16.8 Å². The summed E-state index contributed by atoms with van der Waals surface area (Å²) in [5.41, 5.74) is 6.22. The smallest absolute Gasteiger partial charge is 0.408 e. The number of nitrogens with zero attached hydrogens (tertiary/aromatic N) is 1. The molecule has 0 radical (unpaired) electrons. The second kappa shape index (κ2) is 13.5. The molecule has 0 aromatic heterocycles. The Bertz CT molecular complexity index is 1450. The summed E-state index contributed by atoms with van der Waals surface area (Å²) in [6.45, 7) is 6.92. The SMILES string of the molecule is C#Cc1ccc(C(C(=O)Nc2ccc3ccccc3c2)N(CC)C(=O)C(CCC(N)=O)NC(=O)OC(C)(C)C)cc1. The normalized spacial score (nSPS) is 12.5. The van der Waals surface area contributed by atoms with Crippen molar-refractivity contribution in [2.75, 3.05) is 11.9 Å². The third-order valence-corrected chi connectivity index (χ3v) is 6.26. The van der Waals surface area contributed by atoms with Crippen molar-refractivity contribution in [3.8, 4) is 12.3 Å². The average molecular weight is 557 g/mol. The molecule has 0 fully saturated rings. The quantitative estimate of drug-likeness (QED) is 0.316. The number of fused-ring (bicyclic) bond motifs is 1. The van der Waals surface area contributed by atoms with Gasteiger partial charge in [0.25, 0.3) is 5.91 Å². The van der Waals surface area contributed by atoms with Gasteiger partial charge >= 0.3 is 6.09 Å². The molecule has 3 aromatic carbocycles. The van der Waals surface area contributed by atoms with E-state index >= 15 is 0 Å². The predicted molar refractivity (Wildman–Crippen MR) is 159 cm³/mol. The predicted octanol–water partition coefficient (Wildman–Crippen LogP) is 4.51. The van der Waals surface area contributed by atoms with Crippen molar-refractivity contribution in [3.05, 3.63) is 77.9 Å². The second-order valence-electron chi connectivity index (χ2n) is 10.5. The number of carbonyl (C=O) groups excluding carboxylic acids is 4. The van der Waals surface area contributed by atoms with Crippen LogP contribution >= 0.6 is 0 Å². The number of amides is 4. The lowest BCUT2D eigenvalue weighted by Crippen LogP contribution is -2.52. The van der Waals surface area contributed by atoms with Gasteiger partial charge in [0.2, 0.25) is 11.8 Å². The van der Waals surface area contributed by atoms with Crippen LogP contribution in [0.5, 0.6) is 0 Å². The lowest BCUT2D eigenvalue weighted by atomic mass is 10.00. The zero-order valence-electron chi connectivity index (χ0n) is 23.8. The highest BCUT2D eigenvalue weighted by Crippen LogP contribution is 2.26. The van der Waals surface area contributed by atoms with E-state index < -0.39 is 41.5 Å². The van der Waals surface area contributed by atoms with Crippen LogP contribution in [0.25, 0.3) is 10.8 Å². The molecule has 0 heterocycles. The molecule has 214 valence electrons. The number of terminal acetylenes is 1. The van der Waals surface area contributed by atoms with Crippen molar-refractivity contribution in [3.63, 3.8) is 0 Å². The summed E-state index contributed by atoms with van der Waals surface area (Å²) < 4.78 is 5.34. The van der Waals surface area contributed by atoms with Gasteiger partial charge in [0, 0.05) is 24.2 Å². The highest BCUT2D eigenvalue weighted by molar-refractivity contribution is 6.00.